The van der Waals surface area contributed by atoms with E-state index in [0.717, 1.165) is 31.9 Å². The van der Waals surface area contributed by atoms with Crippen LogP contribution in [0, 0.1) is 5.41 Å². The van der Waals surface area contributed by atoms with E-state index in [0.29, 0.717) is 6.61 Å². The molecule has 0 saturated carbocycles. The van der Waals surface area contributed by atoms with Crippen LogP contribution in [0.5, 0.6) is 5.75 Å². The third-order valence-electron chi connectivity index (χ3n) is 5.17. The van der Waals surface area contributed by atoms with Gasteiger partial charge in [-0.25, -0.2) is 0 Å². The van der Waals surface area contributed by atoms with Crippen molar-refractivity contribution in [2.45, 2.75) is 26.8 Å². The second kappa shape index (κ2) is 7.73. The maximum atomic E-state index is 10.2. The summed E-state index contributed by atoms with van der Waals surface area (Å²) < 4.78 is 6.03. The van der Waals surface area contributed by atoms with Crippen LogP contribution < -0.4 is 10.1 Å². The Hall–Kier alpha value is -1.62. The maximum absolute atomic E-state index is 10.2. The van der Waals surface area contributed by atoms with Crippen LogP contribution >= 0.6 is 0 Å². The number of hydrogen-bond acceptors (Lipinski definition) is 4. The van der Waals surface area contributed by atoms with Crippen molar-refractivity contribution in [1.82, 2.24) is 10.2 Å². The number of hydrogen-bond donors (Lipinski definition) is 2. The summed E-state index contributed by atoms with van der Waals surface area (Å²) in [6.07, 6.45) is 0. The SMILES string of the molecule is CCOc1ccc2ccccc2c1[C@H](N1CCNCC1)C(C)(C)CO. The van der Waals surface area contributed by atoms with Crippen molar-refractivity contribution in [3.63, 3.8) is 0 Å². The summed E-state index contributed by atoms with van der Waals surface area (Å²) in [6, 6.07) is 12.8. The third kappa shape index (κ3) is 3.66. The highest BCUT2D eigenvalue weighted by atomic mass is 16.5. The zero-order chi connectivity index (χ0) is 17.9. The molecule has 0 unspecified atom stereocenters. The molecule has 25 heavy (non-hydrogen) atoms. The van der Waals surface area contributed by atoms with E-state index < -0.39 is 0 Å². The molecule has 0 radical (unpaired) electrons. The van der Waals surface area contributed by atoms with Crippen molar-refractivity contribution < 1.29 is 9.84 Å². The first kappa shape index (κ1) is 18.2. The van der Waals surface area contributed by atoms with E-state index >= 15 is 0 Å². The van der Waals surface area contributed by atoms with Crippen molar-refractivity contribution in [1.29, 1.82) is 0 Å². The molecular formula is C21H30N2O2. The van der Waals surface area contributed by atoms with Crippen LogP contribution in [-0.2, 0) is 0 Å². The fourth-order valence-corrected chi connectivity index (χ4v) is 3.93. The van der Waals surface area contributed by atoms with Crippen molar-refractivity contribution in [2.24, 2.45) is 5.41 Å². The number of ether oxygens (including phenoxy) is 1. The van der Waals surface area contributed by atoms with E-state index in [2.05, 4.69) is 60.5 Å². The largest absolute Gasteiger partial charge is 0.494 e. The number of piperazine rings is 1. The molecule has 1 heterocycles. The molecule has 4 heteroatoms. The lowest BCUT2D eigenvalue weighted by Crippen LogP contribution is -2.49. The molecule has 0 spiro atoms. The van der Waals surface area contributed by atoms with Gasteiger partial charge in [-0.3, -0.25) is 4.90 Å². The van der Waals surface area contributed by atoms with Crippen molar-refractivity contribution in [3.05, 3.63) is 42.0 Å². The Kier molecular flexibility index (Phi) is 5.62. The van der Waals surface area contributed by atoms with Crippen LogP contribution in [0.4, 0.5) is 0 Å². The predicted molar refractivity (Wildman–Crippen MR) is 103 cm³/mol. The summed E-state index contributed by atoms with van der Waals surface area (Å²) in [5, 5.41) is 16.0. The van der Waals surface area contributed by atoms with Crippen LogP contribution in [0.1, 0.15) is 32.4 Å². The summed E-state index contributed by atoms with van der Waals surface area (Å²) in [6.45, 7) is 11.0. The lowest BCUT2D eigenvalue weighted by atomic mass is 9.78. The van der Waals surface area contributed by atoms with Gasteiger partial charge in [0.2, 0.25) is 0 Å². The van der Waals surface area contributed by atoms with E-state index in [9.17, 15) is 5.11 Å². The number of fused-ring (bicyclic) bond motifs is 1. The van der Waals surface area contributed by atoms with E-state index in [4.69, 9.17) is 4.74 Å². The molecule has 0 bridgehead atoms. The van der Waals surface area contributed by atoms with Gasteiger partial charge in [0, 0.05) is 49.8 Å². The Labute approximate surface area is 150 Å². The number of nitrogens with one attached hydrogen (secondary N) is 1. The number of aliphatic hydroxyl groups excluding tert-OH is 1. The summed E-state index contributed by atoms with van der Waals surface area (Å²) in [7, 11) is 0. The second-order valence-corrected chi connectivity index (χ2v) is 7.47. The van der Waals surface area contributed by atoms with Gasteiger partial charge in [0.1, 0.15) is 5.75 Å². The summed E-state index contributed by atoms with van der Waals surface area (Å²) in [5.74, 6) is 0.936. The van der Waals surface area contributed by atoms with Crippen LogP contribution in [0.15, 0.2) is 36.4 Å². The van der Waals surface area contributed by atoms with Gasteiger partial charge in [-0.15, -0.1) is 0 Å². The number of nitrogens with zero attached hydrogens (tertiary/aromatic N) is 1. The third-order valence-corrected chi connectivity index (χ3v) is 5.17. The first-order valence-electron chi connectivity index (χ1n) is 9.28. The molecule has 4 nitrogen and oxygen atoms in total. The van der Waals surface area contributed by atoms with Crippen molar-refractivity contribution in [2.75, 3.05) is 39.4 Å². The lowest BCUT2D eigenvalue weighted by Gasteiger charge is -2.44. The first-order valence-corrected chi connectivity index (χ1v) is 9.28. The average molecular weight is 342 g/mol. The minimum Gasteiger partial charge on any atom is -0.494 e. The van der Waals surface area contributed by atoms with Crippen LogP contribution in [0.3, 0.4) is 0 Å². The number of rotatable bonds is 6. The van der Waals surface area contributed by atoms with Crippen LogP contribution in [0.2, 0.25) is 0 Å². The average Bonchev–Trinajstić information content (AvgIpc) is 2.64. The minimum absolute atomic E-state index is 0.104. The zero-order valence-corrected chi connectivity index (χ0v) is 15.6. The molecule has 1 saturated heterocycles. The van der Waals surface area contributed by atoms with Crippen molar-refractivity contribution in [3.8, 4) is 5.75 Å². The zero-order valence-electron chi connectivity index (χ0n) is 15.6. The Balaban J connectivity index is 2.21. The Morgan fingerprint density at radius 2 is 1.88 bits per heavy atom. The van der Waals surface area contributed by atoms with E-state index in [1.165, 1.54) is 16.3 Å². The molecule has 0 aromatic heterocycles. The molecule has 0 aliphatic carbocycles. The highest BCUT2D eigenvalue weighted by Crippen LogP contribution is 2.45. The smallest absolute Gasteiger partial charge is 0.124 e. The molecular weight excluding hydrogens is 312 g/mol. The molecule has 136 valence electrons. The van der Waals surface area contributed by atoms with Crippen molar-refractivity contribution >= 4 is 10.8 Å². The molecule has 2 aromatic carbocycles. The topological polar surface area (TPSA) is 44.7 Å². The fraction of sp³-hybridized carbons (Fsp3) is 0.524. The van der Waals surface area contributed by atoms with E-state index in [1.807, 2.05) is 6.92 Å². The summed E-state index contributed by atoms with van der Waals surface area (Å²) in [5.41, 5.74) is 0.939. The Morgan fingerprint density at radius 3 is 2.56 bits per heavy atom. The van der Waals surface area contributed by atoms with Gasteiger partial charge < -0.3 is 15.2 Å². The number of aliphatic hydroxyl groups is 1. The highest BCUT2D eigenvalue weighted by Gasteiger charge is 2.38. The Bertz CT molecular complexity index is 708. The highest BCUT2D eigenvalue weighted by molar-refractivity contribution is 5.88. The molecule has 1 atom stereocenters. The Morgan fingerprint density at radius 1 is 1.16 bits per heavy atom. The van der Waals surface area contributed by atoms with Gasteiger partial charge in [0.25, 0.3) is 0 Å². The molecule has 1 aliphatic rings. The molecule has 1 fully saturated rings. The maximum Gasteiger partial charge on any atom is 0.124 e. The first-order chi connectivity index (χ1) is 12.1. The van der Waals surface area contributed by atoms with Crippen LogP contribution in [-0.4, -0.2) is 49.4 Å². The van der Waals surface area contributed by atoms with Gasteiger partial charge in [-0.1, -0.05) is 44.2 Å². The molecule has 0 amide bonds. The minimum atomic E-state index is -0.271. The van der Waals surface area contributed by atoms with Gasteiger partial charge in [0.05, 0.1) is 6.61 Å². The van der Waals surface area contributed by atoms with Gasteiger partial charge in [-0.2, -0.15) is 0 Å². The second-order valence-electron chi connectivity index (χ2n) is 7.47. The quantitative estimate of drug-likeness (QED) is 0.846. The molecule has 2 aromatic rings. The predicted octanol–water partition coefficient (Wildman–Crippen LogP) is 3.20. The normalized spacial score (nSPS) is 17.6. The van der Waals surface area contributed by atoms with E-state index in [1.54, 1.807) is 0 Å². The van der Waals surface area contributed by atoms with Gasteiger partial charge >= 0.3 is 0 Å². The lowest BCUT2D eigenvalue weighted by molar-refractivity contribution is 0.0298. The van der Waals surface area contributed by atoms with E-state index in [-0.39, 0.29) is 18.1 Å². The monoisotopic (exact) mass is 342 g/mol. The van der Waals surface area contributed by atoms with Crippen LogP contribution in [0.25, 0.3) is 10.8 Å². The molecule has 2 N–H and O–H groups in total. The summed E-state index contributed by atoms with van der Waals surface area (Å²) in [4.78, 5) is 2.50. The molecule has 1 aliphatic heterocycles. The molecule has 3 rings (SSSR count). The fourth-order valence-electron chi connectivity index (χ4n) is 3.93. The number of benzene rings is 2. The standard InChI is InChI=1S/C21H30N2O2/c1-4-25-18-10-9-16-7-5-6-8-17(16)19(18)20(21(2,3)15-24)23-13-11-22-12-14-23/h5-10,20,22,24H,4,11-15H2,1-3H3/t20-/m0/s1. The summed E-state index contributed by atoms with van der Waals surface area (Å²) >= 11 is 0. The van der Waals surface area contributed by atoms with Gasteiger partial charge in [0.15, 0.2) is 0 Å². The van der Waals surface area contributed by atoms with Gasteiger partial charge in [-0.05, 0) is 23.8 Å².